The number of nitrogens with zero attached hydrogens (tertiary/aromatic N) is 3. The van der Waals surface area contributed by atoms with E-state index >= 15 is 0 Å². The van der Waals surface area contributed by atoms with Crippen LogP contribution < -0.4 is 5.32 Å². The summed E-state index contributed by atoms with van der Waals surface area (Å²) in [5.41, 5.74) is 1.16. The predicted molar refractivity (Wildman–Crippen MR) is 91.5 cm³/mol. The first-order chi connectivity index (χ1) is 11.1. The summed E-state index contributed by atoms with van der Waals surface area (Å²) in [5.74, 6) is 0.366. The maximum Gasteiger partial charge on any atom is 0.256 e. The molecule has 1 amide bonds. The largest absolute Gasteiger partial charge is 0.339 e. The van der Waals surface area contributed by atoms with E-state index in [1.807, 2.05) is 4.90 Å². The van der Waals surface area contributed by atoms with Gasteiger partial charge in [-0.15, -0.1) is 0 Å². The molecule has 1 saturated heterocycles. The second kappa shape index (κ2) is 7.15. The van der Waals surface area contributed by atoms with Gasteiger partial charge in [-0.05, 0) is 37.5 Å². The molecule has 1 aromatic heterocycles. The van der Waals surface area contributed by atoms with E-state index in [9.17, 15) is 4.79 Å². The number of nitrogens with one attached hydrogen (secondary N) is 1. The molecular formula is C16H16Cl2N4O. The third kappa shape index (κ3) is 3.92. The maximum atomic E-state index is 12.4. The van der Waals surface area contributed by atoms with Gasteiger partial charge in [-0.2, -0.15) is 0 Å². The highest BCUT2D eigenvalue weighted by Crippen LogP contribution is 2.27. The first-order valence-electron chi connectivity index (χ1n) is 7.47. The summed E-state index contributed by atoms with van der Waals surface area (Å²) in [6, 6.07) is 5.12. The molecule has 1 aliphatic heterocycles. The highest BCUT2D eigenvalue weighted by atomic mass is 35.5. The molecule has 1 fully saturated rings. The second-order valence-electron chi connectivity index (χ2n) is 5.40. The van der Waals surface area contributed by atoms with Crippen molar-refractivity contribution < 1.29 is 4.79 Å². The van der Waals surface area contributed by atoms with Crippen LogP contribution in [0.4, 0.5) is 11.6 Å². The lowest BCUT2D eigenvalue weighted by molar-refractivity contribution is 0.0723. The summed E-state index contributed by atoms with van der Waals surface area (Å²) in [7, 11) is 0. The Hall–Kier alpha value is -1.85. The fourth-order valence-corrected chi connectivity index (χ4v) is 2.95. The van der Waals surface area contributed by atoms with Crippen molar-refractivity contribution in [1.82, 2.24) is 14.9 Å². The van der Waals surface area contributed by atoms with E-state index in [1.165, 1.54) is 18.8 Å². The summed E-state index contributed by atoms with van der Waals surface area (Å²) in [6.45, 7) is 1.61. The molecule has 120 valence electrons. The van der Waals surface area contributed by atoms with E-state index in [4.69, 9.17) is 23.2 Å². The van der Waals surface area contributed by atoms with E-state index in [1.54, 1.807) is 18.2 Å². The number of carbonyl (C=O) groups is 1. The van der Waals surface area contributed by atoms with Crippen LogP contribution in [0, 0.1) is 0 Å². The lowest BCUT2D eigenvalue weighted by atomic mass is 10.1. The summed E-state index contributed by atoms with van der Waals surface area (Å²) >= 11 is 12.0. The zero-order valence-electron chi connectivity index (χ0n) is 12.4. The molecule has 0 atom stereocenters. The summed E-state index contributed by atoms with van der Waals surface area (Å²) in [5, 5.41) is 4.05. The molecule has 0 bridgehead atoms. The van der Waals surface area contributed by atoms with Crippen molar-refractivity contribution in [3.8, 4) is 0 Å². The Bertz CT molecular complexity index is 700. The number of benzene rings is 1. The number of hydrogen-bond acceptors (Lipinski definition) is 4. The van der Waals surface area contributed by atoms with Gasteiger partial charge in [-0.3, -0.25) is 4.79 Å². The van der Waals surface area contributed by atoms with Gasteiger partial charge in [0.2, 0.25) is 5.95 Å². The van der Waals surface area contributed by atoms with Gasteiger partial charge < -0.3 is 10.2 Å². The molecule has 2 aromatic rings. The van der Waals surface area contributed by atoms with E-state index in [2.05, 4.69) is 15.3 Å². The fourth-order valence-electron chi connectivity index (χ4n) is 2.49. The van der Waals surface area contributed by atoms with Crippen LogP contribution in [0.3, 0.4) is 0 Å². The van der Waals surface area contributed by atoms with Gasteiger partial charge in [0, 0.05) is 30.5 Å². The number of aromatic nitrogens is 2. The van der Waals surface area contributed by atoms with Gasteiger partial charge >= 0.3 is 0 Å². The van der Waals surface area contributed by atoms with E-state index in [-0.39, 0.29) is 5.91 Å². The van der Waals surface area contributed by atoms with Crippen LogP contribution in [0.15, 0.2) is 30.6 Å². The van der Waals surface area contributed by atoms with Gasteiger partial charge in [0.25, 0.3) is 5.91 Å². The van der Waals surface area contributed by atoms with Crippen molar-refractivity contribution in [2.45, 2.75) is 19.3 Å². The van der Waals surface area contributed by atoms with Gasteiger partial charge in [0.05, 0.1) is 16.3 Å². The Labute approximate surface area is 144 Å². The van der Waals surface area contributed by atoms with Crippen LogP contribution in [-0.2, 0) is 0 Å². The van der Waals surface area contributed by atoms with Crippen LogP contribution in [0.25, 0.3) is 0 Å². The molecule has 7 heteroatoms. The minimum absolute atomic E-state index is 0.0132. The molecule has 5 nitrogen and oxygen atoms in total. The summed E-state index contributed by atoms with van der Waals surface area (Å²) in [4.78, 5) is 22.6. The molecule has 0 unspecified atom stereocenters. The first kappa shape index (κ1) is 16.0. The van der Waals surface area contributed by atoms with Crippen molar-refractivity contribution in [2.75, 3.05) is 18.4 Å². The molecule has 1 aromatic carbocycles. The minimum Gasteiger partial charge on any atom is -0.339 e. The Balaban J connectivity index is 1.70. The fraction of sp³-hybridized carbons (Fsp3) is 0.312. The Kier molecular flexibility index (Phi) is 4.98. The molecule has 0 saturated carbocycles. The predicted octanol–water partition coefficient (Wildman–Crippen LogP) is 4.15. The molecule has 0 radical (unpaired) electrons. The number of amides is 1. The van der Waals surface area contributed by atoms with Gasteiger partial charge in [0.15, 0.2) is 0 Å². The normalized spacial score (nSPS) is 14.6. The molecule has 3 rings (SSSR count). The Morgan fingerprint density at radius 1 is 1.09 bits per heavy atom. The van der Waals surface area contributed by atoms with Crippen molar-refractivity contribution in [1.29, 1.82) is 0 Å². The van der Waals surface area contributed by atoms with Crippen molar-refractivity contribution in [3.63, 3.8) is 0 Å². The quantitative estimate of drug-likeness (QED) is 0.902. The van der Waals surface area contributed by atoms with Crippen molar-refractivity contribution in [3.05, 3.63) is 46.2 Å². The minimum atomic E-state index is -0.0132. The standard InChI is InChI=1S/C16H16Cl2N4O/c17-12-4-5-14(13(18)8-12)21-16-19-9-11(10-20-16)15(23)22-6-2-1-3-7-22/h4-5,8-10H,1-3,6-7H2,(H,19,20,21). The first-order valence-corrected chi connectivity index (χ1v) is 8.22. The van der Waals surface area contributed by atoms with Crippen LogP contribution in [0.2, 0.25) is 10.0 Å². The topological polar surface area (TPSA) is 58.1 Å². The van der Waals surface area contributed by atoms with E-state index in [0.717, 1.165) is 25.9 Å². The van der Waals surface area contributed by atoms with Gasteiger partial charge in [0.1, 0.15) is 0 Å². The average Bonchev–Trinajstić information content (AvgIpc) is 2.58. The van der Waals surface area contributed by atoms with E-state index in [0.29, 0.717) is 27.2 Å². The number of likely N-dealkylation sites (tertiary alicyclic amines) is 1. The number of anilines is 2. The Morgan fingerprint density at radius 2 is 1.78 bits per heavy atom. The highest BCUT2D eigenvalue weighted by Gasteiger charge is 2.18. The lowest BCUT2D eigenvalue weighted by Crippen LogP contribution is -2.35. The Morgan fingerprint density at radius 3 is 2.43 bits per heavy atom. The monoisotopic (exact) mass is 350 g/mol. The van der Waals surface area contributed by atoms with Crippen molar-refractivity contribution >= 4 is 40.7 Å². The van der Waals surface area contributed by atoms with E-state index < -0.39 is 0 Å². The van der Waals surface area contributed by atoms with Gasteiger partial charge in [-0.1, -0.05) is 23.2 Å². The highest BCUT2D eigenvalue weighted by molar-refractivity contribution is 6.36. The molecule has 23 heavy (non-hydrogen) atoms. The molecule has 1 N–H and O–H groups in total. The number of piperidine rings is 1. The molecular weight excluding hydrogens is 335 g/mol. The van der Waals surface area contributed by atoms with Crippen LogP contribution in [-0.4, -0.2) is 33.9 Å². The third-order valence-electron chi connectivity index (χ3n) is 3.72. The van der Waals surface area contributed by atoms with Crippen LogP contribution in [0.1, 0.15) is 29.6 Å². The number of rotatable bonds is 3. The van der Waals surface area contributed by atoms with Crippen LogP contribution in [0.5, 0.6) is 0 Å². The van der Waals surface area contributed by atoms with Gasteiger partial charge in [-0.25, -0.2) is 9.97 Å². The summed E-state index contributed by atoms with van der Waals surface area (Å²) in [6.07, 6.45) is 6.37. The molecule has 1 aliphatic rings. The zero-order valence-corrected chi connectivity index (χ0v) is 13.9. The zero-order chi connectivity index (χ0) is 16.2. The average molecular weight is 351 g/mol. The number of halogens is 2. The second-order valence-corrected chi connectivity index (χ2v) is 6.24. The number of carbonyl (C=O) groups excluding carboxylic acids is 1. The summed E-state index contributed by atoms with van der Waals surface area (Å²) < 4.78 is 0. The van der Waals surface area contributed by atoms with Crippen LogP contribution >= 0.6 is 23.2 Å². The third-order valence-corrected chi connectivity index (χ3v) is 4.27. The SMILES string of the molecule is O=C(c1cnc(Nc2ccc(Cl)cc2Cl)nc1)N1CCCCC1. The molecule has 2 heterocycles. The smallest absolute Gasteiger partial charge is 0.256 e. The molecule has 0 aliphatic carbocycles. The maximum absolute atomic E-state index is 12.4. The van der Waals surface area contributed by atoms with Crippen molar-refractivity contribution in [2.24, 2.45) is 0 Å². The molecule has 0 spiro atoms. The lowest BCUT2D eigenvalue weighted by Gasteiger charge is -2.26. The number of hydrogen-bond donors (Lipinski definition) is 1.